The number of likely N-dealkylation sites (tertiary alicyclic amines) is 1. The first-order chi connectivity index (χ1) is 14.0. The summed E-state index contributed by atoms with van der Waals surface area (Å²) in [7, 11) is 1.38. The number of benzene rings is 2. The Bertz CT molecular complexity index is 770. The number of carbonyl (C=O) groups is 2. The van der Waals surface area contributed by atoms with E-state index in [1.807, 2.05) is 18.2 Å². The summed E-state index contributed by atoms with van der Waals surface area (Å²) in [5.41, 5.74) is 6.59. The van der Waals surface area contributed by atoms with E-state index >= 15 is 0 Å². The number of primary amides is 1. The summed E-state index contributed by atoms with van der Waals surface area (Å²) in [6.45, 7) is 3.12. The van der Waals surface area contributed by atoms with Crippen molar-refractivity contribution < 1.29 is 24.2 Å². The lowest BCUT2D eigenvalue weighted by molar-refractivity contribution is -0.142. The van der Waals surface area contributed by atoms with Gasteiger partial charge >= 0.3 is 12.1 Å². The van der Waals surface area contributed by atoms with Gasteiger partial charge in [-0.2, -0.15) is 0 Å². The first-order valence-electron chi connectivity index (χ1n) is 9.52. The second kappa shape index (κ2) is 11.7. The number of hydrogen-bond acceptors (Lipinski definition) is 5. The largest absolute Gasteiger partial charge is 0.482 e. The molecule has 1 heterocycles. The minimum Gasteiger partial charge on any atom is -0.482 e. The number of piperidine rings is 1. The van der Waals surface area contributed by atoms with Gasteiger partial charge in [-0.1, -0.05) is 48.5 Å². The fourth-order valence-electron chi connectivity index (χ4n) is 3.39. The molecule has 3 N–H and O–H groups in total. The average molecular weight is 400 g/mol. The van der Waals surface area contributed by atoms with Crippen molar-refractivity contribution in [3.8, 4) is 5.75 Å². The smallest absolute Gasteiger partial charge is 0.402 e. The van der Waals surface area contributed by atoms with E-state index in [4.69, 9.17) is 14.6 Å². The molecule has 0 bridgehead atoms. The van der Waals surface area contributed by atoms with E-state index in [-0.39, 0.29) is 12.6 Å². The van der Waals surface area contributed by atoms with E-state index < -0.39 is 6.09 Å². The van der Waals surface area contributed by atoms with Crippen molar-refractivity contribution in [2.75, 3.05) is 26.8 Å². The van der Waals surface area contributed by atoms with Crippen LogP contribution < -0.4 is 10.5 Å². The molecule has 2 aromatic carbocycles. The lowest BCUT2D eigenvalue weighted by Crippen LogP contribution is -2.32. The monoisotopic (exact) mass is 400 g/mol. The van der Waals surface area contributed by atoms with E-state index in [2.05, 4.69) is 51.8 Å². The number of rotatable bonds is 6. The van der Waals surface area contributed by atoms with Crippen LogP contribution in [0.2, 0.25) is 0 Å². The van der Waals surface area contributed by atoms with Crippen molar-refractivity contribution >= 4 is 12.1 Å². The third-order valence-electron chi connectivity index (χ3n) is 4.77. The van der Waals surface area contributed by atoms with Gasteiger partial charge in [-0.05, 0) is 49.0 Å². The number of esters is 1. The van der Waals surface area contributed by atoms with Crippen LogP contribution in [0.3, 0.4) is 0 Å². The Kier molecular flexibility index (Phi) is 8.98. The van der Waals surface area contributed by atoms with Crippen LogP contribution in [0.4, 0.5) is 4.79 Å². The molecule has 0 spiro atoms. The molecule has 0 aromatic heterocycles. The SMILES string of the molecule is COC(=O)COc1ccccc1C1CCN(Cc2ccccc2)CC1.NC(=O)O. The number of amides is 1. The zero-order chi connectivity index (χ0) is 21.1. The number of para-hydroxylation sites is 1. The van der Waals surface area contributed by atoms with Gasteiger partial charge in [0.2, 0.25) is 0 Å². The predicted molar refractivity (Wildman–Crippen MR) is 110 cm³/mol. The van der Waals surface area contributed by atoms with Gasteiger partial charge in [0, 0.05) is 6.54 Å². The fraction of sp³-hybridized carbons (Fsp3) is 0.364. The molecule has 0 unspecified atom stereocenters. The summed E-state index contributed by atoms with van der Waals surface area (Å²) in [6.07, 6.45) is 0.872. The molecule has 1 aliphatic heterocycles. The van der Waals surface area contributed by atoms with Crippen LogP contribution in [0, 0.1) is 0 Å². The number of carbonyl (C=O) groups excluding carboxylic acids is 1. The lowest BCUT2D eigenvalue weighted by atomic mass is 9.88. The Morgan fingerprint density at radius 3 is 2.28 bits per heavy atom. The first-order valence-corrected chi connectivity index (χ1v) is 9.52. The summed E-state index contributed by atoms with van der Waals surface area (Å²) in [5, 5.41) is 7.19. The molecule has 0 atom stereocenters. The highest BCUT2D eigenvalue weighted by Gasteiger charge is 2.23. The highest BCUT2D eigenvalue weighted by molar-refractivity contribution is 5.70. The summed E-state index contributed by atoms with van der Waals surface area (Å²) >= 11 is 0. The normalized spacial score (nSPS) is 14.4. The number of nitrogens with zero attached hydrogens (tertiary/aromatic N) is 1. The maximum absolute atomic E-state index is 11.3. The van der Waals surface area contributed by atoms with Crippen molar-refractivity contribution in [3.05, 3.63) is 65.7 Å². The van der Waals surface area contributed by atoms with Gasteiger partial charge in [0.25, 0.3) is 0 Å². The summed E-state index contributed by atoms with van der Waals surface area (Å²) in [5.74, 6) is 0.919. The highest BCUT2D eigenvalue weighted by atomic mass is 16.6. The zero-order valence-electron chi connectivity index (χ0n) is 16.6. The summed E-state index contributed by atoms with van der Waals surface area (Å²) in [4.78, 5) is 22.6. The minimum atomic E-state index is -1.33. The topological polar surface area (TPSA) is 102 Å². The molecule has 3 rings (SSSR count). The minimum absolute atomic E-state index is 0.0413. The van der Waals surface area contributed by atoms with E-state index in [1.165, 1.54) is 18.2 Å². The number of ether oxygens (including phenoxy) is 2. The second-order valence-electron chi connectivity index (χ2n) is 6.78. The highest BCUT2D eigenvalue weighted by Crippen LogP contribution is 2.34. The number of hydrogen-bond donors (Lipinski definition) is 2. The Hall–Kier alpha value is -3.06. The number of nitrogens with two attached hydrogens (primary N) is 1. The molecule has 1 saturated heterocycles. The first kappa shape index (κ1) is 22.2. The van der Waals surface area contributed by atoms with Crippen molar-refractivity contribution in [2.24, 2.45) is 5.73 Å². The molecular weight excluding hydrogens is 372 g/mol. The van der Waals surface area contributed by atoms with Crippen molar-refractivity contribution in [2.45, 2.75) is 25.3 Å². The van der Waals surface area contributed by atoms with Crippen molar-refractivity contribution in [1.82, 2.24) is 4.90 Å². The zero-order valence-corrected chi connectivity index (χ0v) is 16.6. The number of methoxy groups -OCH3 is 1. The summed E-state index contributed by atoms with van der Waals surface area (Å²) in [6, 6.07) is 18.6. The Morgan fingerprint density at radius 1 is 1.07 bits per heavy atom. The Labute approximate surface area is 171 Å². The molecule has 156 valence electrons. The third-order valence-corrected chi connectivity index (χ3v) is 4.77. The molecule has 0 saturated carbocycles. The molecule has 1 aliphatic rings. The predicted octanol–water partition coefficient (Wildman–Crippen LogP) is 3.24. The quantitative estimate of drug-likeness (QED) is 0.722. The standard InChI is InChI=1S/C21H25NO3.CH3NO2/c1-24-21(23)16-25-20-10-6-5-9-19(20)18-11-13-22(14-12-18)15-17-7-3-2-4-8-17;2-1(3)4/h2-10,18H,11-16H2,1H3;2H2,(H,3,4). The van der Waals surface area contributed by atoms with Crippen molar-refractivity contribution in [3.63, 3.8) is 0 Å². The molecular formula is C22H28N2O5. The van der Waals surface area contributed by atoms with Crippen LogP contribution in [0.25, 0.3) is 0 Å². The molecule has 1 amide bonds. The van der Waals surface area contributed by atoms with Crippen LogP contribution in [-0.4, -0.2) is 48.9 Å². The maximum atomic E-state index is 11.3. The lowest BCUT2D eigenvalue weighted by Gasteiger charge is -2.32. The van der Waals surface area contributed by atoms with Gasteiger partial charge in [0.05, 0.1) is 7.11 Å². The molecule has 7 nitrogen and oxygen atoms in total. The fourth-order valence-corrected chi connectivity index (χ4v) is 3.39. The van der Waals surface area contributed by atoms with Gasteiger partial charge in [0.15, 0.2) is 6.61 Å². The number of carboxylic acid groups (broad SMARTS) is 1. The average Bonchev–Trinajstić information content (AvgIpc) is 2.73. The van der Waals surface area contributed by atoms with E-state index in [9.17, 15) is 4.79 Å². The van der Waals surface area contributed by atoms with Crippen LogP contribution in [-0.2, 0) is 16.1 Å². The van der Waals surface area contributed by atoms with Crippen LogP contribution in [0.15, 0.2) is 54.6 Å². The second-order valence-corrected chi connectivity index (χ2v) is 6.78. The molecule has 2 aromatic rings. The Morgan fingerprint density at radius 2 is 1.66 bits per heavy atom. The summed E-state index contributed by atoms with van der Waals surface area (Å²) < 4.78 is 10.3. The Balaban J connectivity index is 0.000000687. The third kappa shape index (κ3) is 7.83. The molecule has 29 heavy (non-hydrogen) atoms. The maximum Gasteiger partial charge on any atom is 0.402 e. The molecule has 0 radical (unpaired) electrons. The molecule has 0 aliphatic carbocycles. The van der Waals surface area contributed by atoms with E-state index in [0.717, 1.165) is 38.2 Å². The van der Waals surface area contributed by atoms with Gasteiger partial charge in [-0.3, -0.25) is 4.90 Å². The molecule has 1 fully saturated rings. The van der Waals surface area contributed by atoms with Gasteiger partial charge in [0.1, 0.15) is 5.75 Å². The van der Waals surface area contributed by atoms with Gasteiger partial charge < -0.3 is 20.3 Å². The van der Waals surface area contributed by atoms with Gasteiger partial charge in [-0.15, -0.1) is 0 Å². The molecule has 7 heteroatoms. The van der Waals surface area contributed by atoms with E-state index in [0.29, 0.717) is 5.92 Å². The van der Waals surface area contributed by atoms with Crippen LogP contribution in [0.1, 0.15) is 29.9 Å². The van der Waals surface area contributed by atoms with Crippen LogP contribution >= 0.6 is 0 Å². The van der Waals surface area contributed by atoms with E-state index in [1.54, 1.807) is 0 Å². The van der Waals surface area contributed by atoms with Crippen molar-refractivity contribution in [1.29, 1.82) is 0 Å². The van der Waals surface area contributed by atoms with Crippen LogP contribution in [0.5, 0.6) is 5.75 Å². The van der Waals surface area contributed by atoms with Gasteiger partial charge in [-0.25, -0.2) is 9.59 Å².